The molecule has 3 unspecified atom stereocenters. The summed E-state index contributed by atoms with van der Waals surface area (Å²) in [6, 6.07) is 0. The Morgan fingerprint density at radius 1 is 0.293 bits per heavy atom. The summed E-state index contributed by atoms with van der Waals surface area (Å²) in [6.45, 7) is 9.59. The standard InChI is InChI=1S/C80H156O17P2/c1-7-10-12-14-16-18-20-21-22-23-24-25-26-27-28-33-37-41-45-53-59-65-80(85)96-75(68-90-77(82)62-56-50-43-39-36-32-30-29-31-35-38-42-49-55-61-73(6)9-3)70-94-98(86,87)92-66-74(81)67-93-99(88,89)95-71-76(69-91-78(83)63-57-51-47-46-48-54-60-72(4)5)97-79(84)64-58-52-44-40-34-19-17-15-13-11-8-2/h72-76,81H,7-71H2,1-6H3,(H,86,87)(H,88,89)/t73?,74-,75-,76-/m1/s1. The molecule has 0 aliphatic carbocycles. The van der Waals surface area contributed by atoms with Crippen molar-refractivity contribution in [1.29, 1.82) is 0 Å². The molecule has 0 spiro atoms. The van der Waals surface area contributed by atoms with E-state index < -0.39 is 97.5 Å². The predicted molar refractivity (Wildman–Crippen MR) is 405 cm³/mol. The van der Waals surface area contributed by atoms with Gasteiger partial charge in [-0.05, 0) is 37.5 Å². The molecule has 0 aromatic heterocycles. The number of hydrogen-bond acceptors (Lipinski definition) is 15. The van der Waals surface area contributed by atoms with Gasteiger partial charge in [0.2, 0.25) is 0 Å². The average molecular weight is 1450 g/mol. The normalized spacial score (nSPS) is 14.2. The largest absolute Gasteiger partial charge is 0.472 e. The Labute approximate surface area is 607 Å². The van der Waals surface area contributed by atoms with Crippen molar-refractivity contribution in [3.63, 3.8) is 0 Å². The Balaban J connectivity index is 5.19. The molecule has 0 aliphatic rings. The molecule has 0 aromatic rings. The fourth-order valence-electron chi connectivity index (χ4n) is 12.3. The highest BCUT2D eigenvalue weighted by molar-refractivity contribution is 7.47. The highest BCUT2D eigenvalue weighted by Crippen LogP contribution is 2.45. The van der Waals surface area contributed by atoms with Crippen LogP contribution in [0.1, 0.15) is 420 Å². The lowest BCUT2D eigenvalue weighted by Gasteiger charge is -2.21. The summed E-state index contributed by atoms with van der Waals surface area (Å²) < 4.78 is 68.6. The lowest BCUT2D eigenvalue weighted by atomic mass is 9.99. The van der Waals surface area contributed by atoms with Gasteiger partial charge in [-0.2, -0.15) is 0 Å². The highest BCUT2D eigenvalue weighted by atomic mass is 31.2. The van der Waals surface area contributed by atoms with E-state index in [1.807, 2.05) is 0 Å². The number of unbranched alkanes of at least 4 members (excludes halogenated alkanes) is 48. The third kappa shape index (κ3) is 72.8. The van der Waals surface area contributed by atoms with Gasteiger partial charge in [0.1, 0.15) is 19.3 Å². The van der Waals surface area contributed by atoms with E-state index in [4.69, 9.17) is 37.0 Å². The summed E-state index contributed by atoms with van der Waals surface area (Å²) in [7, 11) is -9.91. The molecule has 3 N–H and O–H groups in total. The molecule has 17 nitrogen and oxygen atoms in total. The molecular formula is C80H156O17P2. The summed E-state index contributed by atoms with van der Waals surface area (Å²) in [5, 5.41) is 10.6. The molecule has 0 aromatic carbocycles. The van der Waals surface area contributed by atoms with Crippen molar-refractivity contribution < 1.29 is 80.2 Å². The third-order valence-corrected chi connectivity index (χ3v) is 21.0. The van der Waals surface area contributed by atoms with Gasteiger partial charge in [0.25, 0.3) is 0 Å². The Morgan fingerprint density at radius 2 is 0.515 bits per heavy atom. The maximum atomic E-state index is 13.1. The smallest absolute Gasteiger partial charge is 0.462 e. The highest BCUT2D eigenvalue weighted by Gasteiger charge is 2.30. The number of ether oxygens (including phenoxy) is 4. The van der Waals surface area contributed by atoms with Gasteiger partial charge in [0.05, 0.1) is 26.4 Å². The molecule has 0 fully saturated rings. The third-order valence-electron chi connectivity index (χ3n) is 19.1. The van der Waals surface area contributed by atoms with Gasteiger partial charge in [-0.15, -0.1) is 0 Å². The second-order valence-corrected chi connectivity index (χ2v) is 32.4. The van der Waals surface area contributed by atoms with Gasteiger partial charge in [0, 0.05) is 25.7 Å². The first-order chi connectivity index (χ1) is 47.9. The van der Waals surface area contributed by atoms with Crippen LogP contribution in [0.3, 0.4) is 0 Å². The second kappa shape index (κ2) is 71.7. The molecule has 0 bridgehead atoms. The molecule has 19 heteroatoms. The van der Waals surface area contributed by atoms with E-state index in [1.54, 1.807) is 0 Å². The first-order valence-electron chi connectivity index (χ1n) is 41.5. The molecule has 0 saturated carbocycles. The van der Waals surface area contributed by atoms with Crippen LogP contribution in [-0.2, 0) is 65.4 Å². The first kappa shape index (κ1) is 97.1. The summed E-state index contributed by atoms with van der Waals surface area (Å²) >= 11 is 0. The Morgan fingerprint density at radius 3 is 0.768 bits per heavy atom. The van der Waals surface area contributed by atoms with Crippen LogP contribution in [0.4, 0.5) is 0 Å². The van der Waals surface area contributed by atoms with Crippen LogP contribution in [0, 0.1) is 11.8 Å². The zero-order valence-electron chi connectivity index (χ0n) is 64.8. The number of aliphatic hydroxyl groups excluding tert-OH is 1. The number of phosphoric ester groups is 2. The van der Waals surface area contributed by atoms with E-state index in [0.717, 1.165) is 102 Å². The van der Waals surface area contributed by atoms with Crippen LogP contribution in [0.5, 0.6) is 0 Å². The molecule has 0 rings (SSSR count). The zero-order chi connectivity index (χ0) is 72.8. The monoisotopic (exact) mass is 1450 g/mol. The summed E-state index contributed by atoms with van der Waals surface area (Å²) in [6.07, 6.45) is 61.3. The topological polar surface area (TPSA) is 237 Å². The van der Waals surface area contributed by atoms with E-state index in [0.29, 0.717) is 31.6 Å². The van der Waals surface area contributed by atoms with Crippen LogP contribution >= 0.6 is 15.6 Å². The van der Waals surface area contributed by atoms with Crippen LogP contribution < -0.4 is 0 Å². The lowest BCUT2D eigenvalue weighted by Crippen LogP contribution is -2.30. The van der Waals surface area contributed by atoms with Gasteiger partial charge in [-0.3, -0.25) is 37.3 Å². The second-order valence-electron chi connectivity index (χ2n) is 29.5. The maximum absolute atomic E-state index is 13.1. The van der Waals surface area contributed by atoms with E-state index in [-0.39, 0.29) is 25.7 Å². The van der Waals surface area contributed by atoms with Crippen molar-refractivity contribution in [2.24, 2.45) is 11.8 Å². The fraction of sp³-hybridized carbons (Fsp3) is 0.950. The van der Waals surface area contributed by atoms with Gasteiger partial charge in [-0.25, -0.2) is 9.13 Å². The van der Waals surface area contributed by atoms with Gasteiger partial charge < -0.3 is 33.8 Å². The lowest BCUT2D eigenvalue weighted by molar-refractivity contribution is -0.161. The number of phosphoric acid groups is 2. The van der Waals surface area contributed by atoms with E-state index in [1.165, 1.54) is 231 Å². The van der Waals surface area contributed by atoms with Crippen LogP contribution in [-0.4, -0.2) is 96.7 Å². The van der Waals surface area contributed by atoms with Crippen molar-refractivity contribution in [2.45, 2.75) is 439 Å². The molecule has 99 heavy (non-hydrogen) atoms. The summed E-state index contributed by atoms with van der Waals surface area (Å²) in [4.78, 5) is 72.9. The van der Waals surface area contributed by atoms with Gasteiger partial charge in [-0.1, -0.05) is 369 Å². The Kier molecular flexibility index (Phi) is 70.3. The number of hydrogen-bond donors (Lipinski definition) is 3. The number of carbonyl (C=O) groups is 4. The number of rotatable bonds is 79. The SMILES string of the molecule is CCCCCCCCCCCCCCCCCCCCCCCC(=O)O[C@H](COC(=O)CCCCCCCCCCCCCCCCC(C)CC)COP(=O)(O)OC[C@@H](O)COP(=O)(O)OC[C@@H](COC(=O)CCCCCCCCC(C)C)OC(=O)CCCCCCCCCCCCC. The average Bonchev–Trinajstić information content (AvgIpc) is 0.983. The molecular weight excluding hydrogens is 1290 g/mol. The molecule has 0 radical (unpaired) electrons. The van der Waals surface area contributed by atoms with E-state index in [9.17, 15) is 43.2 Å². The van der Waals surface area contributed by atoms with Crippen LogP contribution in [0.15, 0.2) is 0 Å². The molecule has 588 valence electrons. The minimum Gasteiger partial charge on any atom is -0.462 e. The zero-order valence-corrected chi connectivity index (χ0v) is 66.6. The Hall–Kier alpha value is -1.94. The molecule has 0 aliphatic heterocycles. The fourth-order valence-corrected chi connectivity index (χ4v) is 13.9. The van der Waals surface area contributed by atoms with E-state index >= 15 is 0 Å². The van der Waals surface area contributed by atoms with E-state index in [2.05, 4.69) is 41.5 Å². The number of esters is 4. The van der Waals surface area contributed by atoms with Crippen molar-refractivity contribution in [1.82, 2.24) is 0 Å². The molecule has 0 saturated heterocycles. The molecule has 0 amide bonds. The number of carbonyl (C=O) groups excluding carboxylic acids is 4. The quantitative estimate of drug-likeness (QED) is 0.0222. The predicted octanol–water partition coefficient (Wildman–Crippen LogP) is 23.9. The van der Waals surface area contributed by atoms with Crippen molar-refractivity contribution in [2.75, 3.05) is 39.6 Å². The minimum atomic E-state index is -4.96. The summed E-state index contributed by atoms with van der Waals surface area (Å²) in [5.41, 5.74) is 0. The van der Waals surface area contributed by atoms with Gasteiger partial charge >= 0.3 is 39.5 Å². The molecule has 6 atom stereocenters. The summed E-state index contributed by atoms with van der Waals surface area (Å²) in [5.74, 6) is -0.583. The molecule has 0 heterocycles. The van der Waals surface area contributed by atoms with Crippen molar-refractivity contribution >= 4 is 39.5 Å². The van der Waals surface area contributed by atoms with Crippen molar-refractivity contribution in [3.8, 4) is 0 Å². The van der Waals surface area contributed by atoms with Crippen molar-refractivity contribution in [3.05, 3.63) is 0 Å². The van der Waals surface area contributed by atoms with Crippen LogP contribution in [0.2, 0.25) is 0 Å². The van der Waals surface area contributed by atoms with Gasteiger partial charge in [0.15, 0.2) is 12.2 Å². The maximum Gasteiger partial charge on any atom is 0.472 e. The van der Waals surface area contributed by atoms with Crippen LogP contribution in [0.25, 0.3) is 0 Å². The minimum absolute atomic E-state index is 0.106. The Bertz CT molecular complexity index is 1910. The number of aliphatic hydroxyl groups is 1. The first-order valence-corrected chi connectivity index (χ1v) is 44.5.